The molecule has 0 fully saturated rings. The van der Waals surface area contributed by atoms with E-state index in [2.05, 4.69) is 5.32 Å². The topological polar surface area (TPSA) is 66.5 Å². The van der Waals surface area contributed by atoms with Gasteiger partial charge in [-0.05, 0) is 49.4 Å². The number of nitrogens with zero attached hydrogens (tertiary/aromatic N) is 1. The van der Waals surface area contributed by atoms with Gasteiger partial charge in [-0.15, -0.1) is 0 Å². The average molecular weight is 389 g/mol. The van der Waals surface area contributed by atoms with Gasteiger partial charge in [0, 0.05) is 6.54 Å². The monoisotopic (exact) mass is 388 g/mol. The molecule has 5 nitrogen and oxygen atoms in total. The number of benzene rings is 2. The molecule has 1 atom stereocenters. The predicted octanol–water partition coefficient (Wildman–Crippen LogP) is 3.21. The Morgan fingerprint density at radius 1 is 1.11 bits per heavy atom. The van der Waals surface area contributed by atoms with Crippen LogP contribution < -0.4 is 9.62 Å². The van der Waals surface area contributed by atoms with Crippen LogP contribution in [0.1, 0.15) is 30.0 Å². The number of hydrogen-bond acceptors (Lipinski definition) is 3. The van der Waals surface area contributed by atoms with Crippen molar-refractivity contribution in [3.05, 3.63) is 65.2 Å². The van der Waals surface area contributed by atoms with Gasteiger partial charge in [-0.2, -0.15) is 0 Å². The maximum absolute atomic E-state index is 12.8. The van der Waals surface area contributed by atoms with E-state index in [0.717, 1.165) is 22.9 Å². The number of carbonyl (C=O) groups excluding carboxylic acids is 1. The number of amides is 1. The van der Waals surface area contributed by atoms with Gasteiger partial charge in [-0.1, -0.05) is 49.4 Å². The Bertz CT molecular complexity index is 880. The largest absolute Gasteiger partial charge is 0.354 e. The van der Waals surface area contributed by atoms with Crippen molar-refractivity contribution in [1.29, 1.82) is 0 Å². The fourth-order valence-electron chi connectivity index (χ4n) is 3.08. The molecular weight excluding hydrogens is 360 g/mol. The number of sulfonamides is 1. The molecule has 0 bridgehead atoms. The molecule has 2 aromatic carbocycles. The van der Waals surface area contributed by atoms with Crippen molar-refractivity contribution in [1.82, 2.24) is 5.32 Å². The Hall–Kier alpha value is -2.34. The van der Waals surface area contributed by atoms with Gasteiger partial charge in [0.25, 0.3) is 0 Å². The van der Waals surface area contributed by atoms with Crippen molar-refractivity contribution in [3.8, 4) is 0 Å². The van der Waals surface area contributed by atoms with Gasteiger partial charge in [0.1, 0.15) is 6.04 Å². The third-order valence-corrected chi connectivity index (χ3v) is 5.65. The Morgan fingerprint density at radius 2 is 1.78 bits per heavy atom. The number of rotatable bonds is 8. The molecule has 0 saturated heterocycles. The minimum atomic E-state index is -3.62. The molecule has 1 N–H and O–H groups in total. The van der Waals surface area contributed by atoms with E-state index in [0.29, 0.717) is 25.1 Å². The van der Waals surface area contributed by atoms with E-state index >= 15 is 0 Å². The first-order valence-corrected chi connectivity index (χ1v) is 11.0. The van der Waals surface area contributed by atoms with Crippen LogP contribution in [-0.2, 0) is 21.2 Å². The molecule has 27 heavy (non-hydrogen) atoms. The van der Waals surface area contributed by atoms with Crippen molar-refractivity contribution in [2.75, 3.05) is 17.1 Å². The number of hydrogen-bond donors (Lipinski definition) is 1. The molecule has 0 radical (unpaired) electrons. The third-order valence-electron chi connectivity index (χ3n) is 4.49. The van der Waals surface area contributed by atoms with Gasteiger partial charge in [0.2, 0.25) is 15.9 Å². The molecular formula is C21H28N2O3S. The SMILES string of the molecule is CC[C@@H](C(=O)NCCc1ccccc1)N(c1cc(C)ccc1C)S(C)(=O)=O. The Balaban J connectivity index is 2.22. The summed E-state index contributed by atoms with van der Waals surface area (Å²) >= 11 is 0. The zero-order valence-electron chi connectivity index (χ0n) is 16.4. The molecule has 0 aromatic heterocycles. The lowest BCUT2D eigenvalue weighted by Gasteiger charge is -2.31. The highest BCUT2D eigenvalue weighted by Gasteiger charge is 2.32. The zero-order chi connectivity index (χ0) is 20.0. The second kappa shape index (κ2) is 9.04. The number of carbonyl (C=O) groups is 1. The lowest BCUT2D eigenvalue weighted by Crippen LogP contribution is -2.49. The highest BCUT2D eigenvalue weighted by molar-refractivity contribution is 7.92. The van der Waals surface area contributed by atoms with Gasteiger partial charge in [0.15, 0.2) is 0 Å². The molecule has 6 heteroatoms. The quantitative estimate of drug-likeness (QED) is 0.755. The molecule has 1 amide bonds. The first kappa shape index (κ1) is 21.0. The Kier molecular flexibility index (Phi) is 7.02. The molecule has 0 aliphatic heterocycles. The van der Waals surface area contributed by atoms with Crippen LogP contribution in [0.15, 0.2) is 48.5 Å². The Morgan fingerprint density at radius 3 is 2.37 bits per heavy atom. The molecule has 2 aromatic rings. The average Bonchev–Trinajstić information content (AvgIpc) is 2.61. The third kappa shape index (κ3) is 5.57. The summed E-state index contributed by atoms with van der Waals surface area (Å²) in [5.74, 6) is -0.278. The lowest BCUT2D eigenvalue weighted by molar-refractivity contribution is -0.122. The number of nitrogens with one attached hydrogen (secondary N) is 1. The molecule has 2 rings (SSSR count). The summed E-state index contributed by atoms with van der Waals surface area (Å²) in [7, 11) is -3.62. The predicted molar refractivity (Wildman–Crippen MR) is 110 cm³/mol. The molecule has 0 aliphatic rings. The number of anilines is 1. The minimum Gasteiger partial charge on any atom is -0.354 e. The highest BCUT2D eigenvalue weighted by Crippen LogP contribution is 2.27. The van der Waals surface area contributed by atoms with E-state index < -0.39 is 16.1 Å². The molecule has 146 valence electrons. The van der Waals surface area contributed by atoms with E-state index in [1.54, 1.807) is 0 Å². The van der Waals surface area contributed by atoms with Crippen molar-refractivity contribution in [2.45, 2.75) is 39.7 Å². The van der Waals surface area contributed by atoms with Crippen LogP contribution in [0, 0.1) is 13.8 Å². The van der Waals surface area contributed by atoms with Crippen molar-refractivity contribution < 1.29 is 13.2 Å². The summed E-state index contributed by atoms with van der Waals surface area (Å²) in [5, 5.41) is 2.89. The molecule has 0 spiro atoms. The van der Waals surface area contributed by atoms with Crippen LogP contribution >= 0.6 is 0 Å². The van der Waals surface area contributed by atoms with Crippen LogP contribution in [0.4, 0.5) is 5.69 Å². The molecule has 0 unspecified atom stereocenters. The summed E-state index contributed by atoms with van der Waals surface area (Å²) in [4.78, 5) is 12.8. The molecule has 0 heterocycles. The van der Waals surface area contributed by atoms with E-state index in [1.807, 2.05) is 69.3 Å². The van der Waals surface area contributed by atoms with E-state index in [1.165, 1.54) is 4.31 Å². The zero-order valence-corrected chi connectivity index (χ0v) is 17.2. The summed E-state index contributed by atoms with van der Waals surface area (Å²) in [6.07, 6.45) is 2.23. The van der Waals surface area contributed by atoms with Crippen LogP contribution in [0.2, 0.25) is 0 Å². The highest BCUT2D eigenvalue weighted by atomic mass is 32.2. The fraction of sp³-hybridized carbons (Fsp3) is 0.381. The van der Waals surface area contributed by atoms with Gasteiger partial charge in [-0.3, -0.25) is 9.10 Å². The minimum absolute atomic E-state index is 0.278. The van der Waals surface area contributed by atoms with E-state index in [9.17, 15) is 13.2 Å². The maximum Gasteiger partial charge on any atom is 0.243 e. The van der Waals surface area contributed by atoms with Crippen LogP contribution in [0.25, 0.3) is 0 Å². The maximum atomic E-state index is 12.8. The first-order chi connectivity index (χ1) is 12.7. The normalized spacial score (nSPS) is 12.4. The molecule has 0 aliphatic carbocycles. The summed E-state index contributed by atoms with van der Waals surface area (Å²) in [6.45, 7) is 6.05. The van der Waals surface area contributed by atoms with Crippen molar-refractivity contribution in [2.24, 2.45) is 0 Å². The summed E-state index contributed by atoms with van der Waals surface area (Å²) < 4.78 is 26.3. The summed E-state index contributed by atoms with van der Waals surface area (Å²) in [5.41, 5.74) is 3.45. The van der Waals surface area contributed by atoms with E-state index in [-0.39, 0.29) is 5.91 Å². The van der Waals surface area contributed by atoms with E-state index in [4.69, 9.17) is 0 Å². The smallest absolute Gasteiger partial charge is 0.243 e. The van der Waals surface area contributed by atoms with Gasteiger partial charge >= 0.3 is 0 Å². The number of aryl methyl sites for hydroxylation is 2. The Labute approximate surface area is 162 Å². The fourth-order valence-corrected chi connectivity index (χ4v) is 4.35. The second-order valence-corrected chi connectivity index (χ2v) is 8.66. The van der Waals surface area contributed by atoms with Gasteiger partial charge < -0.3 is 5.32 Å². The summed E-state index contributed by atoms with van der Waals surface area (Å²) in [6, 6.07) is 14.7. The first-order valence-electron chi connectivity index (χ1n) is 9.12. The van der Waals surface area contributed by atoms with Crippen molar-refractivity contribution >= 4 is 21.6 Å². The standard InChI is InChI=1S/C21H28N2O3S/c1-5-19(21(24)22-14-13-18-9-7-6-8-10-18)23(27(4,25)26)20-15-16(2)11-12-17(20)3/h6-12,15,19H,5,13-14H2,1-4H3,(H,22,24)/t19-/m0/s1. The second-order valence-electron chi connectivity index (χ2n) is 6.80. The van der Waals surface area contributed by atoms with Crippen molar-refractivity contribution in [3.63, 3.8) is 0 Å². The lowest BCUT2D eigenvalue weighted by atomic mass is 10.1. The van der Waals surface area contributed by atoms with Crippen LogP contribution in [-0.4, -0.2) is 33.2 Å². The molecule has 0 saturated carbocycles. The van der Waals surface area contributed by atoms with Gasteiger partial charge in [0.05, 0.1) is 11.9 Å². The van der Waals surface area contributed by atoms with Crippen LogP contribution in [0.3, 0.4) is 0 Å². The van der Waals surface area contributed by atoms with Gasteiger partial charge in [-0.25, -0.2) is 8.42 Å². The van der Waals surface area contributed by atoms with Crippen LogP contribution in [0.5, 0.6) is 0 Å².